The van der Waals surface area contributed by atoms with Gasteiger partial charge in [-0.1, -0.05) is 18.2 Å². The van der Waals surface area contributed by atoms with E-state index in [2.05, 4.69) is 10.3 Å². The first kappa shape index (κ1) is 13.1. The Morgan fingerprint density at radius 2 is 2.05 bits per heavy atom. The van der Waals surface area contributed by atoms with Gasteiger partial charge in [0.1, 0.15) is 0 Å². The number of amides is 1. The Morgan fingerprint density at radius 1 is 1.19 bits per heavy atom. The molecule has 0 saturated heterocycles. The van der Waals surface area contributed by atoms with E-state index in [0.29, 0.717) is 11.3 Å². The first-order valence-corrected chi connectivity index (χ1v) is 6.65. The predicted octanol–water partition coefficient (Wildman–Crippen LogP) is 3.38. The molecule has 0 bridgehead atoms. The predicted molar refractivity (Wildman–Crippen MR) is 85.3 cm³/mol. The molecule has 21 heavy (non-hydrogen) atoms. The lowest BCUT2D eigenvalue weighted by molar-refractivity contribution is 0.102. The Hall–Kier alpha value is -2.88. The number of nitrogen functional groups attached to an aromatic ring is 1. The maximum absolute atomic E-state index is 12.3. The van der Waals surface area contributed by atoms with Crippen LogP contribution in [0.5, 0.6) is 0 Å². The summed E-state index contributed by atoms with van der Waals surface area (Å²) in [5.74, 6) is -0.175. The van der Waals surface area contributed by atoms with Crippen molar-refractivity contribution < 1.29 is 4.79 Å². The van der Waals surface area contributed by atoms with Gasteiger partial charge in [0.15, 0.2) is 0 Å². The number of pyridine rings is 1. The fourth-order valence-corrected chi connectivity index (χ4v) is 2.21. The zero-order valence-corrected chi connectivity index (χ0v) is 11.6. The molecule has 0 aliphatic rings. The average Bonchev–Trinajstić information content (AvgIpc) is 2.50. The molecule has 2 aromatic carbocycles. The van der Waals surface area contributed by atoms with Crippen LogP contribution in [0.2, 0.25) is 0 Å². The summed E-state index contributed by atoms with van der Waals surface area (Å²) in [6, 6.07) is 12.9. The molecule has 0 radical (unpaired) electrons. The topological polar surface area (TPSA) is 68.0 Å². The second-order valence-electron chi connectivity index (χ2n) is 4.93. The molecule has 3 aromatic rings. The monoisotopic (exact) mass is 277 g/mol. The number of aromatic nitrogens is 1. The van der Waals surface area contributed by atoms with Gasteiger partial charge >= 0.3 is 0 Å². The van der Waals surface area contributed by atoms with E-state index < -0.39 is 0 Å². The molecule has 3 rings (SSSR count). The van der Waals surface area contributed by atoms with E-state index in [-0.39, 0.29) is 5.91 Å². The standard InChI is InChI=1S/C17H15N3O/c1-11-5-6-12(9-15(11)18)17(21)20-16-4-2-3-13-10-19-8-7-14(13)16/h2-10H,18H2,1H3,(H,20,21). The highest BCUT2D eigenvalue weighted by Gasteiger charge is 2.09. The summed E-state index contributed by atoms with van der Waals surface area (Å²) in [5, 5.41) is 4.87. The lowest BCUT2D eigenvalue weighted by Crippen LogP contribution is -2.12. The Morgan fingerprint density at radius 3 is 2.86 bits per heavy atom. The van der Waals surface area contributed by atoms with E-state index in [1.54, 1.807) is 24.5 Å². The lowest BCUT2D eigenvalue weighted by atomic mass is 10.1. The summed E-state index contributed by atoms with van der Waals surface area (Å²) in [7, 11) is 0. The van der Waals surface area contributed by atoms with Crippen molar-refractivity contribution in [3.05, 3.63) is 66.0 Å². The quantitative estimate of drug-likeness (QED) is 0.706. The van der Waals surface area contributed by atoms with Gasteiger partial charge in [0, 0.05) is 40.1 Å². The van der Waals surface area contributed by atoms with Gasteiger partial charge in [-0.05, 0) is 36.8 Å². The fraction of sp³-hybridized carbons (Fsp3) is 0.0588. The maximum atomic E-state index is 12.3. The third kappa shape index (κ3) is 2.56. The molecule has 0 aliphatic heterocycles. The van der Waals surface area contributed by atoms with Crippen LogP contribution in [-0.2, 0) is 0 Å². The number of carbonyl (C=O) groups excluding carboxylic acids is 1. The molecule has 3 N–H and O–H groups in total. The Bertz CT molecular complexity index is 822. The van der Waals surface area contributed by atoms with Gasteiger partial charge in [-0.25, -0.2) is 0 Å². The fourth-order valence-electron chi connectivity index (χ4n) is 2.21. The van der Waals surface area contributed by atoms with Crippen LogP contribution in [0.15, 0.2) is 54.9 Å². The van der Waals surface area contributed by atoms with Crippen LogP contribution < -0.4 is 11.1 Å². The van der Waals surface area contributed by atoms with Gasteiger partial charge in [0.25, 0.3) is 5.91 Å². The zero-order chi connectivity index (χ0) is 14.8. The number of hydrogen-bond donors (Lipinski definition) is 2. The maximum Gasteiger partial charge on any atom is 0.255 e. The molecule has 0 atom stereocenters. The second kappa shape index (κ2) is 5.25. The third-order valence-electron chi connectivity index (χ3n) is 3.47. The van der Waals surface area contributed by atoms with Crippen LogP contribution in [-0.4, -0.2) is 10.9 Å². The molecule has 0 aliphatic carbocycles. The molecule has 1 heterocycles. The molecule has 0 fully saturated rings. The van der Waals surface area contributed by atoms with Crippen LogP contribution in [0, 0.1) is 6.92 Å². The number of aryl methyl sites for hydroxylation is 1. The van der Waals surface area contributed by atoms with E-state index in [4.69, 9.17) is 5.73 Å². The highest BCUT2D eigenvalue weighted by molar-refractivity contribution is 6.09. The molecule has 1 amide bonds. The van der Waals surface area contributed by atoms with Crippen LogP contribution in [0.25, 0.3) is 10.8 Å². The van der Waals surface area contributed by atoms with Crippen molar-refractivity contribution >= 4 is 28.1 Å². The summed E-state index contributed by atoms with van der Waals surface area (Å²) >= 11 is 0. The van der Waals surface area contributed by atoms with Crippen molar-refractivity contribution in [1.82, 2.24) is 4.98 Å². The van der Waals surface area contributed by atoms with Crippen molar-refractivity contribution in [2.24, 2.45) is 0 Å². The summed E-state index contributed by atoms with van der Waals surface area (Å²) in [6.07, 6.45) is 3.48. The highest BCUT2D eigenvalue weighted by Crippen LogP contribution is 2.23. The van der Waals surface area contributed by atoms with Crippen molar-refractivity contribution in [2.75, 3.05) is 11.1 Å². The number of benzene rings is 2. The van der Waals surface area contributed by atoms with E-state index in [9.17, 15) is 4.79 Å². The summed E-state index contributed by atoms with van der Waals surface area (Å²) < 4.78 is 0. The van der Waals surface area contributed by atoms with Crippen LogP contribution >= 0.6 is 0 Å². The minimum Gasteiger partial charge on any atom is -0.398 e. The second-order valence-corrected chi connectivity index (χ2v) is 4.93. The number of carbonyl (C=O) groups is 1. The number of anilines is 2. The number of nitrogens with two attached hydrogens (primary N) is 1. The number of rotatable bonds is 2. The number of hydrogen-bond acceptors (Lipinski definition) is 3. The average molecular weight is 277 g/mol. The van der Waals surface area contributed by atoms with Crippen LogP contribution in [0.3, 0.4) is 0 Å². The Kier molecular flexibility index (Phi) is 3.28. The van der Waals surface area contributed by atoms with Gasteiger partial charge in [0.05, 0.1) is 0 Å². The zero-order valence-electron chi connectivity index (χ0n) is 11.6. The molecular weight excluding hydrogens is 262 g/mol. The number of nitrogens with one attached hydrogen (secondary N) is 1. The Balaban J connectivity index is 1.94. The summed E-state index contributed by atoms with van der Waals surface area (Å²) in [5.41, 5.74) is 8.74. The largest absolute Gasteiger partial charge is 0.398 e. The van der Waals surface area contributed by atoms with Crippen LogP contribution in [0.4, 0.5) is 11.4 Å². The van der Waals surface area contributed by atoms with E-state index >= 15 is 0 Å². The molecule has 0 saturated carbocycles. The normalized spacial score (nSPS) is 10.5. The van der Waals surface area contributed by atoms with Gasteiger partial charge in [-0.15, -0.1) is 0 Å². The van der Waals surface area contributed by atoms with Crippen molar-refractivity contribution in [3.63, 3.8) is 0 Å². The van der Waals surface area contributed by atoms with Crippen molar-refractivity contribution in [3.8, 4) is 0 Å². The summed E-state index contributed by atoms with van der Waals surface area (Å²) in [6.45, 7) is 1.91. The molecule has 0 unspecified atom stereocenters. The first-order valence-electron chi connectivity index (χ1n) is 6.65. The molecule has 4 heteroatoms. The van der Waals surface area contributed by atoms with E-state index in [1.807, 2.05) is 37.3 Å². The smallest absolute Gasteiger partial charge is 0.255 e. The molecular formula is C17H15N3O. The summed E-state index contributed by atoms with van der Waals surface area (Å²) in [4.78, 5) is 16.4. The van der Waals surface area contributed by atoms with Gasteiger partial charge in [0.2, 0.25) is 0 Å². The van der Waals surface area contributed by atoms with Gasteiger partial charge in [-0.2, -0.15) is 0 Å². The Labute approximate surface area is 122 Å². The number of nitrogens with zero attached hydrogens (tertiary/aromatic N) is 1. The lowest BCUT2D eigenvalue weighted by Gasteiger charge is -2.09. The van der Waals surface area contributed by atoms with E-state index in [1.165, 1.54) is 0 Å². The SMILES string of the molecule is Cc1ccc(C(=O)Nc2cccc3cnccc23)cc1N. The first-order chi connectivity index (χ1) is 10.1. The van der Waals surface area contributed by atoms with Gasteiger partial charge in [-0.3, -0.25) is 9.78 Å². The minimum absolute atomic E-state index is 0.175. The van der Waals surface area contributed by atoms with Crippen molar-refractivity contribution in [1.29, 1.82) is 0 Å². The molecule has 4 nitrogen and oxygen atoms in total. The van der Waals surface area contributed by atoms with Crippen molar-refractivity contribution in [2.45, 2.75) is 6.92 Å². The minimum atomic E-state index is -0.175. The number of fused-ring (bicyclic) bond motifs is 1. The third-order valence-corrected chi connectivity index (χ3v) is 3.47. The van der Waals surface area contributed by atoms with Crippen LogP contribution in [0.1, 0.15) is 15.9 Å². The molecule has 1 aromatic heterocycles. The molecule has 104 valence electrons. The highest BCUT2D eigenvalue weighted by atomic mass is 16.1. The molecule has 0 spiro atoms. The van der Waals surface area contributed by atoms with E-state index in [0.717, 1.165) is 22.0 Å². The van der Waals surface area contributed by atoms with Gasteiger partial charge < -0.3 is 11.1 Å².